The molecule has 1 aromatic heterocycles. The van der Waals surface area contributed by atoms with Crippen molar-refractivity contribution in [1.29, 1.82) is 0 Å². The summed E-state index contributed by atoms with van der Waals surface area (Å²) in [7, 11) is 3.47. The van der Waals surface area contributed by atoms with E-state index in [4.69, 9.17) is 4.74 Å². The molecular weight excluding hydrogens is 361 g/mol. The number of ether oxygens (including phenoxy) is 1. The summed E-state index contributed by atoms with van der Waals surface area (Å²) in [4.78, 5) is 29.1. The normalized spacial score (nSPS) is 13.4. The molecule has 0 bridgehead atoms. The average molecular weight is 387 g/mol. The number of benzene rings is 1. The molecular formula is C21H26FN3O3. The van der Waals surface area contributed by atoms with Gasteiger partial charge in [-0.25, -0.2) is 4.39 Å². The van der Waals surface area contributed by atoms with Crippen LogP contribution in [0.25, 0.3) is 0 Å². The molecule has 1 aliphatic carbocycles. The maximum absolute atomic E-state index is 14.1. The molecule has 0 atom stereocenters. The van der Waals surface area contributed by atoms with E-state index in [0.717, 1.165) is 18.5 Å². The van der Waals surface area contributed by atoms with Crippen molar-refractivity contribution in [1.82, 2.24) is 14.4 Å². The summed E-state index contributed by atoms with van der Waals surface area (Å²) in [6.45, 7) is 0.892. The lowest BCUT2D eigenvalue weighted by Crippen LogP contribution is -2.45. The number of methoxy groups -OCH3 is 1. The molecule has 0 saturated heterocycles. The molecule has 6 nitrogen and oxygen atoms in total. The van der Waals surface area contributed by atoms with Gasteiger partial charge in [0.15, 0.2) is 0 Å². The number of hydrogen-bond donors (Lipinski definition) is 0. The third kappa shape index (κ3) is 4.78. The first kappa shape index (κ1) is 20.1. The fourth-order valence-electron chi connectivity index (χ4n) is 3.16. The van der Waals surface area contributed by atoms with Crippen molar-refractivity contribution in [3.05, 3.63) is 59.7 Å². The SMILES string of the molecule is COCCN(CC(=O)N(Cc1cccn1C)C1CC1)C(=O)c1ccccc1F. The fourth-order valence-corrected chi connectivity index (χ4v) is 3.16. The minimum Gasteiger partial charge on any atom is -0.383 e. The van der Waals surface area contributed by atoms with Crippen LogP contribution in [-0.2, 0) is 23.1 Å². The first-order valence-corrected chi connectivity index (χ1v) is 9.43. The van der Waals surface area contributed by atoms with Crippen molar-refractivity contribution in [2.45, 2.75) is 25.4 Å². The van der Waals surface area contributed by atoms with Gasteiger partial charge in [-0.15, -0.1) is 0 Å². The molecule has 0 spiro atoms. The van der Waals surface area contributed by atoms with Crippen LogP contribution in [0, 0.1) is 5.82 Å². The minimum absolute atomic E-state index is 0.0354. The van der Waals surface area contributed by atoms with Crippen LogP contribution in [-0.4, -0.2) is 59.0 Å². The highest BCUT2D eigenvalue weighted by atomic mass is 19.1. The summed E-state index contributed by atoms with van der Waals surface area (Å²) >= 11 is 0. The van der Waals surface area contributed by atoms with Crippen LogP contribution in [0.3, 0.4) is 0 Å². The first-order chi connectivity index (χ1) is 13.5. The van der Waals surface area contributed by atoms with Crippen molar-refractivity contribution < 1.29 is 18.7 Å². The van der Waals surface area contributed by atoms with E-state index in [2.05, 4.69) is 0 Å². The zero-order valence-electron chi connectivity index (χ0n) is 16.3. The van der Waals surface area contributed by atoms with Crippen molar-refractivity contribution >= 4 is 11.8 Å². The Morgan fingerprint density at radius 2 is 1.96 bits per heavy atom. The van der Waals surface area contributed by atoms with Crippen LogP contribution in [0.2, 0.25) is 0 Å². The third-order valence-corrected chi connectivity index (χ3v) is 4.97. The molecule has 0 radical (unpaired) electrons. The topological polar surface area (TPSA) is 54.8 Å². The lowest BCUT2D eigenvalue weighted by atomic mass is 10.2. The van der Waals surface area contributed by atoms with Crippen LogP contribution >= 0.6 is 0 Å². The molecule has 0 aliphatic heterocycles. The standard InChI is InChI=1S/C21H26FN3O3/c1-23-11-5-6-17(23)14-25(16-9-10-16)20(26)15-24(12-13-28-2)21(27)18-7-3-4-8-19(18)22/h3-8,11,16H,9-10,12-15H2,1-2H3. The number of nitrogens with zero attached hydrogens (tertiary/aromatic N) is 3. The molecule has 1 fully saturated rings. The Labute approximate surface area is 164 Å². The Bertz CT molecular complexity index is 832. The molecule has 2 amide bonds. The van der Waals surface area contributed by atoms with Gasteiger partial charge in [-0.3, -0.25) is 9.59 Å². The summed E-state index contributed by atoms with van der Waals surface area (Å²) in [5.74, 6) is -1.23. The molecule has 0 N–H and O–H groups in total. The predicted molar refractivity (Wildman–Crippen MR) is 103 cm³/mol. The Kier molecular flexibility index (Phi) is 6.46. The zero-order valence-corrected chi connectivity index (χ0v) is 16.3. The van der Waals surface area contributed by atoms with E-state index in [1.54, 1.807) is 6.07 Å². The van der Waals surface area contributed by atoms with Gasteiger partial charge in [0.05, 0.1) is 18.7 Å². The van der Waals surface area contributed by atoms with E-state index >= 15 is 0 Å². The molecule has 1 heterocycles. The number of carbonyl (C=O) groups excluding carboxylic acids is 2. The largest absolute Gasteiger partial charge is 0.383 e. The Balaban J connectivity index is 1.75. The molecule has 3 rings (SSSR count). The second-order valence-corrected chi connectivity index (χ2v) is 7.06. The number of halogens is 1. The molecule has 150 valence electrons. The van der Waals surface area contributed by atoms with E-state index in [9.17, 15) is 14.0 Å². The maximum atomic E-state index is 14.1. The van der Waals surface area contributed by atoms with Gasteiger partial charge in [0.1, 0.15) is 12.4 Å². The lowest BCUT2D eigenvalue weighted by Gasteiger charge is -2.28. The van der Waals surface area contributed by atoms with Gasteiger partial charge >= 0.3 is 0 Å². The van der Waals surface area contributed by atoms with Crippen molar-refractivity contribution in [2.24, 2.45) is 7.05 Å². The molecule has 1 aliphatic rings. The van der Waals surface area contributed by atoms with Gasteiger partial charge in [-0.05, 0) is 37.1 Å². The van der Waals surface area contributed by atoms with Crippen LogP contribution < -0.4 is 0 Å². The van der Waals surface area contributed by atoms with Crippen LogP contribution in [0.15, 0.2) is 42.6 Å². The third-order valence-electron chi connectivity index (χ3n) is 4.97. The number of carbonyl (C=O) groups is 2. The number of amides is 2. The summed E-state index contributed by atoms with van der Waals surface area (Å²) < 4.78 is 21.1. The summed E-state index contributed by atoms with van der Waals surface area (Å²) in [6, 6.07) is 9.95. The number of aryl methyl sites for hydroxylation is 1. The summed E-state index contributed by atoms with van der Waals surface area (Å²) in [6.07, 6.45) is 3.88. The predicted octanol–water partition coefficient (Wildman–Crippen LogP) is 2.44. The molecule has 1 aromatic carbocycles. The van der Waals surface area contributed by atoms with Crippen LogP contribution in [0.5, 0.6) is 0 Å². The maximum Gasteiger partial charge on any atom is 0.257 e. The van der Waals surface area contributed by atoms with E-state index in [-0.39, 0.29) is 37.2 Å². The summed E-state index contributed by atoms with van der Waals surface area (Å²) in [5.41, 5.74) is 0.996. The highest BCUT2D eigenvalue weighted by Gasteiger charge is 2.34. The van der Waals surface area contributed by atoms with E-state index in [1.807, 2.05) is 34.8 Å². The Morgan fingerprint density at radius 1 is 1.21 bits per heavy atom. The zero-order chi connectivity index (χ0) is 20.1. The van der Waals surface area contributed by atoms with Crippen LogP contribution in [0.1, 0.15) is 28.9 Å². The molecule has 7 heteroatoms. The number of hydrogen-bond acceptors (Lipinski definition) is 3. The highest BCUT2D eigenvalue weighted by Crippen LogP contribution is 2.28. The molecule has 2 aromatic rings. The molecule has 0 unspecified atom stereocenters. The molecule has 1 saturated carbocycles. The van der Waals surface area contributed by atoms with Gasteiger partial charge in [0.25, 0.3) is 5.91 Å². The quantitative estimate of drug-likeness (QED) is 0.664. The van der Waals surface area contributed by atoms with Crippen LogP contribution in [0.4, 0.5) is 4.39 Å². The lowest BCUT2D eigenvalue weighted by molar-refractivity contribution is -0.133. The number of rotatable bonds is 9. The molecule has 28 heavy (non-hydrogen) atoms. The van der Waals surface area contributed by atoms with Gasteiger partial charge in [0.2, 0.25) is 5.91 Å². The smallest absolute Gasteiger partial charge is 0.257 e. The van der Waals surface area contributed by atoms with Gasteiger partial charge in [-0.2, -0.15) is 0 Å². The van der Waals surface area contributed by atoms with Crippen molar-refractivity contribution in [2.75, 3.05) is 26.8 Å². The van der Waals surface area contributed by atoms with E-state index < -0.39 is 11.7 Å². The second-order valence-electron chi connectivity index (χ2n) is 7.06. The first-order valence-electron chi connectivity index (χ1n) is 9.43. The van der Waals surface area contributed by atoms with E-state index in [1.165, 1.54) is 30.2 Å². The Hall–Kier alpha value is -2.67. The highest BCUT2D eigenvalue weighted by molar-refractivity contribution is 5.96. The number of aromatic nitrogens is 1. The fraction of sp³-hybridized carbons (Fsp3) is 0.429. The average Bonchev–Trinajstić information content (AvgIpc) is 3.45. The monoisotopic (exact) mass is 387 g/mol. The minimum atomic E-state index is -0.592. The van der Waals surface area contributed by atoms with Crippen molar-refractivity contribution in [3.8, 4) is 0 Å². The van der Waals surface area contributed by atoms with Gasteiger partial charge in [-0.1, -0.05) is 12.1 Å². The van der Waals surface area contributed by atoms with E-state index in [0.29, 0.717) is 6.54 Å². The second kappa shape index (κ2) is 9.01. The van der Waals surface area contributed by atoms with Gasteiger partial charge < -0.3 is 19.1 Å². The van der Waals surface area contributed by atoms with Crippen molar-refractivity contribution in [3.63, 3.8) is 0 Å². The summed E-state index contributed by atoms with van der Waals surface area (Å²) in [5, 5.41) is 0. The van der Waals surface area contributed by atoms with Gasteiger partial charge in [0, 0.05) is 38.6 Å². The Morgan fingerprint density at radius 3 is 2.57 bits per heavy atom.